The second-order valence-corrected chi connectivity index (χ2v) is 10.4. The first kappa shape index (κ1) is 23.8. The van der Waals surface area contributed by atoms with Crippen molar-refractivity contribution >= 4 is 10.8 Å². The minimum atomic E-state index is -0.590. The van der Waals surface area contributed by atoms with E-state index in [1.807, 2.05) is 24.3 Å². The molecule has 1 atom stereocenters. The Morgan fingerprint density at radius 2 is 1.77 bits per heavy atom. The summed E-state index contributed by atoms with van der Waals surface area (Å²) in [5.74, 6) is 1.49. The first-order chi connectivity index (χ1) is 17.1. The molecule has 0 N–H and O–H groups in total. The van der Waals surface area contributed by atoms with Gasteiger partial charge >= 0.3 is 5.63 Å². The predicted octanol–water partition coefficient (Wildman–Crippen LogP) is 8.74. The number of fused-ring (bicyclic) bond motifs is 1. The summed E-state index contributed by atoms with van der Waals surface area (Å²) in [6.45, 7) is 6.09. The molecule has 0 radical (unpaired) electrons. The largest absolute Gasteiger partial charge is 0.422 e. The van der Waals surface area contributed by atoms with E-state index in [0.29, 0.717) is 28.5 Å². The summed E-state index contributed by atoms with van der Waals surface area (Å²) in [6.07, 6.45) is 14.2. The van der Waals surface area contributed by atoms with Gasteiger partial charge in [0.2, 0.25) is 0 Å². The van der Waals surface area contributed by atoms with Crippen molar-refractivity contribution in [3.8, 4) is 11.3 Å². The van der Waals surface area contributed by atoms with Gasteiger partial charge in [0.05, 0.1) is 0 Å². The third-order valence-corrected chi connectivity index (χ3v) is 8.19. The van der Waals surface area contributed by atoms with Gasteiger partial charge < -0.3 is 4.42 Å². The molecular weight excluding hydrogens is 435 g/mol. The van der Waals surface area contributed by atoms with Gasteiger partial charge in [0.15, 0.2) is 0 Å². The molecule has 1 heterocycles. The van der Waals surface area contributed by atoms with Gasteiger partial charge in [-0.3, -0.25) is 0 Å². The molecular formula is C32H35FO2. The summed E-state index contributed by atoms with van der Waals surface area (Å²) in [7, 11) is 0. The van der Waals surface area contributed by atoms with Crippen molar-refractivity contribution in [2.24, 2.45) is 11.8 Å². The maximum absolute atomic E-state index is 15.6. The van der Waals surface area contributed by atoms with Crippen LogP contribution < -0.4 is 5.63 Å². The molecule has 1 aromatic heterocycles. The van der Waals surface area contributed by atoms with E-state index in [1.165, 1.54) is 18.4 Å². The van der Waals surface area contributed by atoms with Crippen LogP contribution in [0, 0.1) is 17.7 Å². The molecule has 3 aromatic rings. The fraction of sp³-hybridized carbons (Fsp3) is 0.406. The molecule has 1 saturated carbocycles. The van der Waals surface area contributed by atoms with Gasteiger partial charge in [0.25, 0.3) is 0 Å². The average Bonchev–Trinajstić information content (AvgIpc) is 2.89. The van der Waals surface area contributed by atoms with Crippen LogP contribution in [-0.4, -0.2) is 0 Å². The van der Waals surface area contributed by atoms with Crippen molar-refractivity contribution < 1.29 is 8.81 Å². The van der Waals surface area contributed by atoms with Gasteiger partial charge in [0, 0.05) is 5.56 Å². The SMILES string of the molecule is C=CC1CC=C(C2CCC(c3ccc4cc(-c5ccc(CCC)cc5)oc(=O)c4c3F)CC2)CC1. The lowest BCUT2D eigenvalue weighted by atomic mass is 9.73. The van der Waals surface area contributed by atoms with Crippen molar-refractivity contribution in [1.82, 2.24) is 0 Å². The minimum absolute atomic E-state index is 0.0847. The molecule has 2 aromatic carbocycles. The molecule has 0 bridgehead atoms. The predicted molar refractivity (Wildman–Crippen MR) is 142 cm³/mol. The van der Waals surface area contributed by atoms with Crippen LogP contribution in [0.25, 0.3) is 22.1 Å². The Morgan fingerprint density at radius 1 is 1.03 bits per heavy atom. The molecule has 0 saturated heterocycles. The summed E-state index contributed by atoms with van der Waals surface area (Å²) in [6, 6.07) is 13.6. The Bertz CT molecular complexity index is 1290. The van der Waals surface area contributed by atoms with Crippen LogP contribution in [0.5, 0.6) is 0 Å². The minimum Gasteiger partial charge on any atom is -0.422 e. The van der Waals surface area contributed by atoms with E-state index in [-0.39, 0.29) is 11.3 Å². The highest BCUT2D eigenvalue weighted by Crippen LogP contribution is 2.43. The van der Waals surface area contributed by atoms with E-state index in [0.717, 1.165) is 50.5 Å². The van der Waals surface area contributed by atoms with E-state index in [2.05, 4.69) is 37.8 Å². The molecule has 5 rings (SSSR count). The summed E-state index contributed by atoms with van der Waals surface area (Å²) in [5.41, 5.74) is 3.77. The van der Waals surface area contributed by atoms with Crippen molar-refractivity contribution in [2.45, 2.75) is 70.6 Å². The second kappa shape index (κ2) is 10.4. The summed E-state index contributed by atoms with van der Waals surface area (Å²) >= 11 is 0. The molecule has 2 aliphatic carbocycles. The van der Waals surface area contributed by atoms with Crippen LogP contribution in [0.3, 0.4) is 0 Å². The molecule has 2 nitrogen and oxygen atoms in total. The quantitative estimate of drug-likeness (QED) is 0.337. The highest BCUT2D eigenvalue weighted by molar-refractivity contribution is 5.85. The molecule has 0 amide bonds. The number of benzene rings is 2. The van der Waals surface area contributed by atoms with Gasteiger partial charge in [-0.2, -0.15) is 0 Å². The zero-order valence-electron chi connectivity index (χ0n) is 20.7. The smallest absolute Gasteiger partial charge is 0.347 e. The second-order valence-electron chi connectivity index (χ2n) is 10.4. The molecule has 182 valence electrons. The highest BCUT2D eigenvalue weighted by Gasteiger charge is 2.28. The molecule has 1 unspecified atom stereocenters. The lowest BCUT2D eigenvalue weighted by Gasteiger charge is -2.33. The van der Waals surface area contributed by atoms with Gasteiger partial charge in [-0.05, 0) is 91.7 Å². The first-order valence-electron chi connectivity index (χ1n) is 13.2. The standard InChI is InChI=1S/C32H35FO2/c1-3-5-22-8-12-26(13-9-22)29-20-27-18-19-28(31(33)30(27)32(34)35-29)25-16-14-24(15-17-25)23-10-6-21(4-2)7-11-23/h4,8-10,12-13,18-21,24-25H,2-3,5-7,11,14-17H2,1H3. The Hall–Kier alpha value is -2.94. The molecule has 3 heteroatoms. The normalized spacial score (nSPS) is 22.7. The fourth-order valence-corrected chi connectivity index (χ4v) is 6.07. The number of halogens is 1. The summed E-state index contributed by atoms with van der Waals surface area (Å²) in [4.78, 5) is 12.9. The summed E-state index contributed by atoms with van der Waals surface area (Å²) < 4.78 is 21.2. The van der Waals surface area contributed by atoms with Gasteiger partial charge in [-0.1, -0.05) is 67.5 Å². The highest BCUT2D eigenvalue weighted by atomic mass is 19.1. The number of rotatable bonds is 6. The van der Waals surface area contributed by atoms with Crippen LogP contribution in [0.4, 0.5) is 4.39 Å². The Kier molecular flexibility index (Phi) is 7.04. The van der Waals surface area contributed by atoms with Gasteiger partial charge in [0.1, 0.15) is 17.0 Å². The lowest BCUT2D eigenvalue weighted by Crippen LogP contribution is -2.18. The van der Waals surface area contributed by atoms with Crippen LogP contribution in [-0.2, 0) is 6.42 Å². The molecule has 0 spiro atoms. The van der Waals surface area contributed by atoms with Crippen molar-refractivity contribution in [2.75, 3.05) is 0 Å². The van der Waals surface area contributed by atoms with Gasteiger partial charge in [-0.15, -0.1) is 6.58 Å². The number of hydrogen-bond acceptors (Lipinski definition) is 2. The maximum atomic E-state index is 15.6. The van der Waals surface area contributed by atoms with Crippen LogP contribution in [0.15, 0.2) is 76.0 Å². The molecule has 2 aliphatic rings. The van der Waals surface area contributed by atoms with Crippen molar-refractivity contribution in [1.29, 1.82) is 0 Å². The first-order valence-corrected chi connectivity index (χ1v) is 13.2. The zero-order valence-corrected chi connectivity index (χ0v) is 20.7. The summed E-state index contributed by atoms with van der Waals surface area (Å²) in [5, 5.41) is 0.689. The monoisotopic (exact) mass is 470 g/mol. The number of allylic oxidation sites excluding steroid dienone is 3. The number of aryl methyl sites for hydroxylation is 1. The lowest BCUT2D eigenvalue weighted by molar-refractivity contribution is 0.342. The maximum Gasteiger partial charge on any atom is 0.347 e. The van der Waals surface area contributed by atoms with Crippen molar-refractivity contribution in [3.63, 3.8) is 0 Å². The van der Waals surface area contributed by atoms with E-state index in [1.54, 1.807) is 11.6 Å². The van der Waals surface area contributed by atoms with E-state index in [4.69, 9.17) is 4.42 Å². The van der Waals surface area contributed by atoms with Crippen LogP contribution >= 0.6 is 0 Å². The third-order valence-electron chi connectivity index (χ3n) is 8.19. The van der Waals surface area contributed by atoms with E-state index in [9.17, 15) is 4.79 Å². The van der Waals surface area contributed by atoms with Crippen LogP contribution in [0.2, 0.25) is 0 Å². The third kappa shape index (κ3) is 4.91. The Morgan fingerprint density at radius 3 is 2.43 bits per heavy atom. The molecule has 1 fully saturated rings. The van der Waals surface area contributed by atoms with Crippen molar-refractivity contribution in [3.05, 3.63) is 94.1 Å². The Balaban J connectivity index is 1.35. The average molecular weight is 471 g/mol. The van der Waals surface area contributed by atoms with E-state index < -0.39 is 11.4 Å². The zero-order chi connectivity index (χ0) is 24.4. The Labute approximate surface area is 207 Å². The van der Waals surface area contributed by atoms with Gasteiger partial charge in [-0.25, -0.2) is 9.18 Å². The van der Waals surface area contributed by atoms with E-state index >= 15 is 4.39 Å². The molecule has 0 aliphatic heterocycles. The van der Waals surface area contributed by atoms with Crippen LogP contribution in [0.1, 0.15) is 75.3 Å². The number of hydrogen-bond donors (Lipinski definition) is 0. The topological polar surface area (TPSA) is 30.2 Å². The fourth-order valence-electron chi connectivity index (χ4n) is 6.07. The molecule has 35 heavy (non-hydrogen) atoms.